The predicted octanol–water partition coefficient (Wildman–Crippen LogP) is 3.63. The van der Waals surface area contributed by atoms with Crippen LogP contribution in [0.25, 0.3) is 0 Å². The minimum atomic E-state index is 0.691. The Balaban J connectivity index is 1.80. The lowest BCUT2D eigenvalue weighted by molar-refractivity contribution is 0.560. The molecule has 1 saturated heterocycles. The van der Waals surface area contributed by atoms with Crippen molar-refractivity contribution in [2.24, 2.45) is 0 Å². The standard InChI is InChI=1S/C12H15Cl2NS/c13-10-2-1-9(12(14)7-10)3-5-15-11-4-6-16-8-11/h1-2,7,11,15H,3-6,8H2. The number of benzene rings is 1. The molecule has 1 fully saturated rings. The highest BCUT2D eigenvalue weighted by atomic mass is 35.5. The highest BCUT2D eigenvalue weighted by molar-refractivity contribution is 7.99. The van der Waals surface area contributed by atoms with Crippen LogP contribution in [-0.4, -0.2) is 24.1 Å². The number of halogens is 2. The monoisotopic (exact) mass is 275 g/mol. The van der Waals surface area contributed by atoms with Gasteiger partial charge in [0.2, 0.25) is 0 Å². The molecule has 2 rings (SSSR count). The van der Waals surface area contributed by atoms with Crippen LogP contribution in [0.15, 0.2) is 18.2 Å². The van der Waals surface area contributed by atoms with Crippen molar-refractivity contribution < 1.29 is 0 Å². The van der Waals surface area contributed by atoms with Crippen molar-refractivity contribution in [3.63, 3.8) is 0 Å². The van der Waals surface area contributed by atoms with Gasteiger partial charge in [-0.15, -0.1) is 0 Å². The quantitative estimate of drug-likeness (QED) is 0.901. The topological polar surface area (TPSA) is 12.0 Å². The van der Waals surface area contributed by atoms with Crippen LogP contribution in [-0.2, 0) is 6.42 Å². The predicted molar refractivity (Wildman–Crippen MR) is 73.9 cm³/mol. The maximum absolute atomic E-state index is 6.11. The Hall–Kier alpha value is 0.110. The van der Waals surface area contributed by atoms with E-state index in [1.165, 1.54) is 23.5 Å². The fourth-order valence-electron chi connectivity index (χ4n) is 1.83. The van der Waals surface area contributed by atoms with Crippen molar-refractivity contribution in [2.75, 3.05) is 18.1 Å². The van der Waals surface area contributed by atoms with E-state index in [1.54, 1.807) is 0 Å². The molecule has 0 bridgehead atoms. The summed E-state index contributed by atoms with van der Waals surface area (Å²) in [7, 11) is 0. The van der Waals surface area contributed by atoms with Crippen LogP contribution >= 0.6 is 35.0 Å². The van der Waals surface area contributed by atoms with Crippen LogP contribution in [0.5, 0.6) is 0 Å². The SMILES string of the molecule is Clc1ccc(CCNC2CCSC2)c(Cl)c1. The lowest BCUT2D eigenvalue weighted by atomic mass is 10.1. The third-order valence-electron chi connectivity index (χ3n) is 2.77. The van der Waals surface area contributed by atoms with E-state index in [-0.39, 0.29) is 0 Å². The molecular weight excluding hydrogens is 261 g/mol. The van der Waals surface area contributed by atoms with E-state index in [2.05, 4.69) is 5.32 Å². The average molecular weight is 276 g/mol. The molecule has 1 aliphatic heterocycles. The summed E-state index contributed by atoms with van der Waals surface area (Å²) in [6, 6.07) is 6.41. The molecule has 1 aliphatic rings. The van der Waals surface area contributed by atoms with Crippen molar-refractivity contribution >= 4 is 35.0 Å². The van der Waals surface area contributed by atoms with Crippen LogP contribution in [0.1, 0.15) is 12.0 Å². The molecule has 0 spiro atoms. The van der Waals surface area contributed by atoms with E-state index in [9.17, 15) is 0 Å². The Morgan fingerprint density at radius 3 is 2.94 bits per heavy atom. The molecule has 0 amide bonds. The van der Waals surface area contributed by atoms with E-state index >= 15 is 0 Å². The number of thioether (sulfide) groups is 1. The summed E-state index contributed by atoms with van der Waals surface area (Å²) < 4.78 is 0. The third kappa shape index (κ3) is 3.56. The minimum absolute atomic E-state index is 0.691. The van der Waals surface area contributed by atoms with Gasteiger partial charge in [0, 0.05) is 21.8 Å². The third-order valence-corrected chi connectivity index (χ3v) is 4.52. The summed E-state index contributed by atoms with van der Waals surface area (Å²) in [4.78, 5) is 0. The molecule has 16 heavy (non-hydrogen) atoms. The van der Waals surface area contributed by atoms with Gasteiger partial charge in [0.1, 0.15) is 0 Å². The van der Waals surface area contributed by atoms with E-state index in [1.807, 2.05) is 30.0 Å². The van der Waals surface area contributed by atoms with Crippen LogP contribution < -0.4 is 5.32 Å². The summed E-state index contributed by atoms with van der Waals surface area (Å²) in [5.41, 5.74) is 1.17. The zero-order chi connectivity index (χ0) is 11.4. The number of hydrogen-bond acceptors (Lipinski definition) is 2. The van der Waals surface area contributed by atoms with Crippen LogP contribution in [0.3, 0.4) is 0 Å². The first kappa shape index (κ1) is 12.6. The van der Waals surface area contributed by atoms with Gasteiger partial charge in [-0.05, 0) is 42.8 Å². The Labute approximate surface area is 111 Å². The highest BCUT2D eigenvalue weighted by Crippen LogP contribution is 2.21. The van der Waals surface area contributed by atoms with E-state index in [4.69, 9.17) is 23.2 Å². The van der Waals surface area contributed by atoms with Gasteiger partial charge in [0.05, 0.1) is 0 Å². The summed E-state index contributed by atoms with van der Waals surface area (Å²) in [5.74, 6) is 2.54. The zero-order valence-corrected chi connectivity index (χ0v) is 11.3. The summed E-state index contributed by atoms with van der Waals surface area (Å²) in [6.07, 6.45) is 2.26. The maximum atomic E-state index is 6.11. The fourth-order valence-corrected chi connectivity index (χ4v) is 3.52. The molecule has 0 saturated carbocycles. The second-order valence-electron chi connectivity index (χ2n) is 4.00. The highest BCUT2D eigenvalue weighted by Gasteiger charge is 2.14. The molecule has 1 unspecified atom stereocenters. The smallest absolute Gasteiger partial charge is 0.0453 e. The van der Waals surface area contributed by atoms with Crippen molar-refractivity contribution in [1.29, 1.82) is 0 Å². The Bertz CT molecular complexity index is 351. The van der Waals surface area contributed by atoms with E-state index < -0.39 is 0 Å². The molecule has 1 N–H and O–H groups in total. The average Bonchev–Trinajstić information content (AvgIpc) is 2.74. The van der Waals surface area contributed by atoms with E-state index in [0.29, 0.717) is 11.1 Å². The van der Waals surface area contributed by atoms with Gasteiger partial charge in [0.25, 0.3) is 0 Å². The first-order chi connectivity index (χ1) is 7.75. The van der Waals surface area contributed by atoms with Gasteiger partial charge < -0.3 is 5.32 Å². The number of nitrogens with one attached hydrogen (secondary N) is 1. The molecule has 1 aromatic carbocycles. The molecule has 4 heteroatoms. The van der Waals surface area contributed by atoms with E-state index in [0.717, 1.165) is 18.0 Å². The number of hydrogen-bond donors (Lipinski definition) is 1. The first-order valence-electron chi connectivity index (χ1n) is 5.51. The van der Waals surface area contributed by atoms with Crippen molar-refractivity contribution in [2.45, 2.75) is 18.9 Å². The zero-order valence-electron chi connectivity index (χ0n) is 9.01. The van der Waals surface area contributed by atoms with Crippen LogP contribution in [0.2, 0.25) is 10.0 Å². The molecule has 88 valence electrons. The van der Waals surface area contributed by atoms with Crippen LogP contribution in [0.4, 0.5) is 0 Å². The van der Waals surface area contributed by atoms with Gasteiger partial charge >= 0.3 is 0 Å². The second-order valence-corrected chi connectivity index (χ2v) is 5.99. The van der Waals surface area contributed by atoms with Gasteiger partial charge in [-0.1, -0.05) is 29.3 Å². The van der Waals surface area contributed by atoms with Crippen molar-refractivity contribution in [1.82, 2.24) is 5.32 Å². The molecule has 0 aromatic heterocycles. The lowest BCUT2D eigenvalue weighted by Gasteiger charge is -2.11. The summed E-state index contributed by atoms with van der Waals surface area (Å²) in [6.45, 7) is 0.993. The Morgan fingerprint density at radius 1 is 1.38 bits per heavy atom. The van der Waals surface area contributed by atoms with Crippen molar-refractivity contribution in [3.05, 3.63) is 33.8 Å². The molecule has 1 aromatic rings. The van der Waals surface area contributed by atoms with Crippen LogP contribution in [0, 0.1) is 0 Å². The van der Waals surface area contributed by atoms with Crippen molar-refractivity contribution in [3.8, 4) is 0 Å². The van der Waals surface area contributed by atoms with Gasteiger partial charge in [-0.25, -0.2) is 0 Å². The molecule has 0 radical (unpaired) electrons. The maximum Gasteiger partial charge on any atom is 0.0453 e. The Morgan fingerprint density at radius 2 is 2.25 bits per heavy atom. The largest absolute Gasteiger partial charge is 0.313 e. The lowest BCUT2D eigenvalue weighted by Crippen LogP contribution is -2.30. The van der Waals surface area contributed by atoms with Gasteiger partial charge in [-0.2, -0.15) is 11.8 Å². The number of rotatable bonds is 4. The minimum Gasteiger partial charge on any atom is -0.313 e. The molecule has 1 nitrogen and oxygen atoms in total. The second kappa shape index (κ2) is 6.15. The van der Waals surface area contributed by atoms with Gasteiger partial charge in [0.15, 0.2) is 0 Å². The summed E-state index contributed by atoms with van der Waals surface area (Å²) in [5, 5.41) is 5.04. The fraction of sp³-hybridized carbons (Fsp3) is 0.500. The molecule has 1 heterocycles. The van der Waals surface area contributed by atoms with Gasteiger partial charge in [-0.3, -0.25) is 0 Å². The normalized spacial score (nSPS) is 20.2. The molecule has 1 atom stereocenters. The first-order valence-corrected chi connectivity index (χ1v) is 7.42. The molecular formula is C12H15Cl2NS. The summed E-state index contributed by atoms with van der Waals surface area (Å²) >= 11 is 14.0. The Kier molecular flexibility index (Phi) is 4.83. The molecule has 0 aliphatic carbocycles.